The summed E-state index contributed by atoms with van der Waals surface area (Å²) in [5.41, 5.74) is 2.27. The van der Waals surface area contributed by atoms with Gasteiger partial charge in [-0.15, -0.1) is 0 Å². The van der Waals surface area contributed by atoms with Crippen LogP contribution in [0.3, 0.4) is 0 Å². The smallest absolute Gasteiger partial charge is 0.268 e. The van der Waals surface area contributed by atoms with Crippen molar-refractivity contribution in [3.63, 3.8) is 0 Å². The van der Waals surface area contributed by atoms with Crippen molar-refractivity contribution in [1.82, 2.24) is 20.0 Å². The number of carbonyl (C=O) groups is 1. The summed E-state index contributed by atoms with van der Waals surface area (Å²) in [7, 11) is 0. The minimum Gasteiger partial charge on any atom is -0.340 e. The first kappa shape index (κ1) is 18.6. The second kappa shape index (κ2) is 7.44. The van der Waals surface area contributed by atoms with Crippen LogP contribution in [0.4, 0.5) is 0 Å². The molecule has 4 aromatic rings. The molecule has 1 aliphatic carbocycles. The Morgan fingerprint density at radius 3 is 2.57 bits per heavy atom. The number of hydrogen-bond acceptors (Lipinski definition) is 4. The molecule has 1 amide bonds. The minimum atomic E-state index is -0.567. The van der Waals surface area contributed by atoms with Crippen LogP contribution in [0.5, 0.6) is 0 Å². The van der Waals surface area contributed by atoms with E-state index in [0.717, 1.165) is 42.1 Å². The van der Waals surface area contributed by atoms with Crippen LogP contribution in [0, 0.1) is 6.92 Å². The number of aryl methyl sites for hydroxylation is 1. The predicted octanol–water partition coefficient (Wildman–Crippen LogP) is 4.58. The van der Waals surface area contributed by atoms with Crippen LogP contribution >= 0.6 is 0 Å². The second-order valence-corrected chi connectivity index (χ2v) is 8.04. The molecule has 0 radical (unpaired) electrons. The standard InChI is InChI=1S/C24H24N4O2/c1-17-25-23(27-30-17)24(13-7-8-14-24)26-22(29)21-15-19-11-5-6-12-20(19)28(21)16-18-9-3-2-4-10-18/h2-6,9-12,15H,7-8,13-14,16H2,1H3,(H,26,29). The van der Waals surface area contributed by atoms with Crippen molar-refractivity contribution in [3.8, 4) is 0 Å². The Kier molecular flexibility index (Phi) is 4.62. The van der Waals surface area contributed by atoms with E-state index in [0.29, 0.717) is 24.0 Å². The Hall–Kier alpha value is -3.41. The van der Waals surface area contributed by atoms with Crippen molar-refractivity contribution in [3.05, 3.63) is 83.6 Å². The molecule has 2 aromatic heterocycles. The zero-order valence-corrected chi connectivity index (χ0v) is 17.0. The molecule has 0 saturated heterocycles. The molecule has 1 fully saturated rings. The van der Waals surface area contributed by atoms with E-state index in [9.17, 15) is 4.79 Å². The highest BCUT2D eigenvalue weighted by Crippen LogP contribution is 2.37. The van der Waals surface area contributed by atoms with Crippen molar-refractivity contribution in [2.24, 2.45) is 0 Å². The monoisotopic (exact) mass is 400 g/mol. The number of nitrogens with zero attached hydrogens (tertiary/aromatic N) is 3. The van der Waals surface area contributed by atoms with E-state index in [2.05, 4.69) is 38.2 Å². The number of rotatable bonds is 5. The zero-order chi connectivity index (χ0) is 20.6. The SMILES string of the molecule is Cc1nc(C2(NC(=O)c3cc4ccccc4n3Cc3ccccc3)CCCC2)no1. The lowest BCUT2D eigenvalue weighted by atomic mass is 9.96. The molecule has 0 atom stereocenters. The van der Waals surface area contributed by atoms with Crippen LogP contribution < -0.4 is 5.32 Å². The molecular weight excluding hydrogens is 376 g/mol. The van der Waals surface area contributed by atoms with E-state index < -0.39 is 5.54 Å². The number of hydrogen-bond donors (Lipinski definition) is 1. The van der Waals surface area contributed by atoms with E-state index in [-0.39, 0.29) is 5.91 Å². The van der Waals surface area contributed by atoms with Crippen molar-refractivity contribution < 1.29 is 9.32 Å². The van der Waals surface area contributed by atoms with Gasteiger partial charge in [0.2, 0.25) is 5.89 Å². The topological polar surface area (TPSA) is 73.0 Å². The molecule has 6 nitrogen and oxygen atoms in total. The summed E-state index contributed by atoms with van der Waals surface area (Å²) in [6.45, 7) is 2.41. The summed E-state index contributed by atoms with van der Waals surface area (Å²) in [6, 6.07) is 20.3. The van der Waals surface area contributed by atoms with Gasteiger partial charge in [0.1, 0.15) is 11.2 Å². The van der Waals surface area contributed by atoms with Crippen LogP contribution in [0.15, 0.2) is 65.2 Å². The van der Waals surface area contributed by atoms with Gasteiger partial charge in [-0.25, -0.2) is 0 Å². The predicted molar refractivity (Wildman–Crippen MR) is 114 cm³/mol. The molecule has 1 N–H and O–H groups in total. The van der Waals surface area contributed by atoms with E-state index >= 15 is 0 Å². The van der Waals surface area contributed by atoms with E-state index in [1.54, 1.807) is 6.92 Å². The van der Waals surface area contributed by atoms with Crippen LogP contribution in [0.1, 0.15) is 53.5 Å². The van der Waals surface area contributed by atoms with Gasteiger partial charge in [0.25, 0.3) is 5.91 Å². The van der Waals surface area contributed by atoms with Gasteiger partial charge in [0.05, 0.1) is 0 Å². The van der Waals surface area contributed by atoms with Crippen molar-refractivity contribution >= 4 is 16.8 Å². The molecule has 0 spiro atoms. The third-order valence-corrected chi connectivity index (χ3v) is 5.99. The quantitative estimate of drug-likeness (QED) is 0.532. The maximum Gasteiger partial charge on any atom is 0.268 e. The number of benzene rings is 2. The van der Waals surface area contributed by atoms with Gasteiger partial charge in [0.15, 0.2) is 5.82 Å². The lowest BCUT2D eigenvalue weighted by Gasteiger charge is -2.27. The molecule has 1 aliphatic rings. The Bertz CT molecular complexity index is 1190. The zero-order valence-electron chi connectivity index (χ0n) is 17.0. The van der Waals surface area contributed by atoms with Crippen LogP contribution in [-0.2, 0) is 12.1 Å². The molecule has 0 unspecified atom stereocenters. The number of carbonyl (C=O) groups excluding carboxylic acids is 1. The third kappa shape index (κ3) is 3.28. The van der Waals surface area contributed by atoms with Gasteiger partial charge in [-0.3, -0.25) is 4.79 Å². The molecule has 152 valence electrons. The molecule has 1 saturated carbocycles. The summed E-state index contributed by atoms with van der Waals surface area (Å²) < 4.78 is 7.31. The van der Waals surface area contributed by atoms with Gasteiger partial charge < -0.3 is 14.4 Å². The average Bonchev–Trinajstić information content (AvgIpc) is 3.49. The summed E-state index contributed by atoms with van der Waals surface area (Å²) >= 11 is 0. The van der Waals surface area contributed by atoms with E-state index in [1.807, 2.05) is 42.5 Å². The Labute approximate surface area is 174 Å². The first-order valence-electron chi connectivity index (χ1n) is 10.4. The highest BCUT2D eigenvalue weighted by Gasteiger charge is 2.41. The first-order valence-corrected chi connectivity index (χ1v) is 10.4. The van der Waals surface area contributed by atoms with Crippen molar-refractivity contribution in [2.75, 3.05) is 0 Å². The Balaban J connectivity index is 1.53. The fourth-order valence-corrected chi connectivity index (χ4v) is 4.49. The molecule has 0 aliphatic heterocycles. The molecular formula is C24H24N4O2. The lowest BCUT2D eigenvalue weighted by molar-refractivity contribution is 0.0883. The molecule has 5 rings (SSSR count). The minimum absolute atomic E-state index is 0.105. The van der Waals surface area contributed by atoms with Gasteiger partial charge >= 0.3 is 0 Å². The number of para-hydroxylation sites is 1. The summed E-state index contributed by atoms with van der Waals surface area (Å²) in [4.78, 5) is 18.0. The fourth-order valence-electron chi connectivity index (χ4n) is 4.49. The summed E-state index contributed by atoms with van der Waals surface area (Å²) in [5, 5.41) is 8.47. The highest BCUT2D eigenvalue weighted by molar-refractivity contribution is 5.99. The molecule has 2 heterocycles. The van der Waals surface area contributed by atoms with Crippen LogP contribution in [0.25, 0.3) is 10.9 Å². The van der Waals surface area contributed by atoms with Gasteiger partial charge in [-0.05, 0) is 30.5 Å². The van der Waals surface area contributed by atoms with Crippen LogP contribution in [0.2, 0.25) is 0 Å². The largest absolute Gasteiger partial charge is 0.340 e. The third-order valence-electron chi connectivity index (χ3n) is 5.99. The Morgan fingerprint density at radius 2 is 1.83 bits per heavy atom. The van der Waals surface area contributed by atoms with Crippen LogP contribution in [-0.4, -0.2) is 20.6 Å². The molecule has 0 bridgehead atoms. The maximum absolute atomic E-state index is 13.5. The number of aromatic nitrogens is 3. The van der Waals surface area contributed by atoms with E-state index in [1.165, 1.54) is 0 Å². The lowest BCUT2D eigenvalue weighted by Crippen LogP contribution is -2.45. The number of nitrogens with one attached hydrogen (secondary N) is 1. The van der Waals surface area contributed by atoms with E-state index in [4.69, 9.17) is 4.52 Å². The second-order valence-electron chi connectivity index (χ2n) is 8.04. The molecule has 2 aromatic carbocycles. The number of amides is 1. The maximum atomic E-state index is 13.5. The Morgan fingerprint density at radius 1 is 1.10 bits per heavy atom. The summed E-state index contributed by atoms with van der Waals surface area (Å²) in [6.07, 6.45) is 3.69. The fraction of sp³-hybridized carbons (Fsp3) is 0.292. The van der Waals surface area contributed by atoms with Crippen molar-refractivity contribution in [2.45, 2.75) is 44.7 Å². The first-order chi connectivity index (χ1) is 14.6. The normalized spacial score (nSPS) is 15.5. The molecule has 30 heavy (non-hydrogen) atoms. The van der Waals surface area contributed by atoms with Crippen molar-refractivity contribution in [1.29, 1.82) is 0 Å². The van der Waals surface area contributed by atoms with Gasteiger partial charge in [-0.1, -0.05) is 66.5 Å². The molecule has 6 heteroatoms. The average molecular weight is 400 g/mol. The summed E-state index contributed by atoms with van der Waals surface area (Å²) in [5.74, 6) is 0.992. The highest BCUT2D eigenvalue weighted by atomic mass is 16.5. The van der Waals surface area contributed by atoms with Gasteiger partial charge in [-0.2, -0.15) is 4.98 Å². The van der Waals surface area contributed by atoms with Gasteiger partial charge in [0, 0.05) is 24.4 Å². The number of fused-ring (bicyclic) bond motifs is 1.